The quantitative estimate of drug-likeness (QED) is 0.843. The summed E-state index contributed by atoms with van der Waals surface area (Å²) in [7, 11) is 0. The molecule has 0 saturated carbocycles. The van der Waals surface area contributed by atoms with Crippen LogP contribution >= 0.6 is 0 Å². The molecule has 0 aliphatic carbocycles. The van der Waals surface area contributed by atoms with Crippen LogP contribution in [0.15, 0.2) is 6.07 Å². The second-order valence-electron chi connectivity index (χ2n) is 4.24. The highest BCUT2D eigenvalue weighted by Gasteiger charge is 2.16. The Balaban J connectivity index is 1.94. The van der Waals surface area contributed by atoms with E-state index in [0.717, 1.165) is 31.9 Å². The van der Waals surface area contributed by atoms with Crippen molar-refractivity contribution in [3.63, 3.8) is 0 Å². The lowest BCUT2D eigenvalue weighted by Crippen LogP contribution is -2.13. The lowest BCUT2D eigenvalue weighted by Gasteiger charge is -2.11. The van der Waals surface area contributed by atoms with Crippen LogP contribution < -0.4 is 10.1 Å². The SMILES string of the molecule is CCNc1nc(C)cc(OCC2CCOC2)n1. The number of aromatic nitrogens is 2. The lowest BCUT2D eigenvalue weighted by atomic mass is 10.1. The molecule has 94 valence electrons. The highest BCUT2D eigenvalue weighted by Crippen LogP contribution is 2.16. The Morgan fingerprint density at radius 1 is 1.53 bits per heavy atom. The topological polar surface area (TPSA) is 56.3 Å². The fraction of sp³-hybridized carbons (Fsp3) is 0.667. The molecule has 2 rings (SSSR count). The minimum atomic E-state index is 0.493. The number of ether oxygens (including phenoxy) is 2. The maximum Gasteiger partial charge on any atom is 0.226 e. The van der Waals surface area contributed by atoms with E-state index in [9.17, 15) is 0 Å². The van der Waals surface area contributed by atoms with E-state index in [1.807, 2.05) is 19.9 Å². The molecule has 17 heavy (non-hydrogen) atoms. The Bertz CT molecular complexity index is 365. The normalized spacial score (nSPS) is 19.3. The maximum absolute atomic E-state index is 5.69. The smallest absolute Gasteiger partial charge is 0.226 e. The summed E-state index contributed by atoms with van der Waals surface area (Å²) in [6, 6.07) is 1.86. The molecule has 1 aromatic rings. The minimum absolute atomic E-state index is 0.493. The van der Waals surface area contributed by atoms with E-state index in [-0.39, 0.29) is 0 Å². The van der Waals surface area contributed by atoms with Crippen LogP contribution in [0.3, 0.4) is 0 Å². The van der Waals surface area contributed by atoms with Crippen molar-refractivity contribution in [3.05, 3.63) is 11.8 Å². The first-order valence-electron chi connectivity index (χ1n) is 6.08. The third kappa shape index (κ3) is 3.56. The zero-order valence-corrected chi connectivity index (χ0v) is 10.4. The fourth-order valence-electron chi connectivity index (χ4n) is 1.77. The van der Waals surface area contributed by atoms with Crippen LogP contribution in [0.25, 0.3) is 0 Å². The molecule has 2 heterocycles. The minimum Gasteiger partial charge on any atom is -0.477 e. The molecular formula is C12H19N3O2. The van der Waals surface area contributed by atoms with E-state index in [0.29, 0.717) is 24.4 Å². The Morgan fingerprint density at radius 3 is 3.12 bits per heavy atom. The van der Waals surface area contributed by atoms with Gasteiger partial charge in [-0.25, -0.2) is 4.98 Å². The van der Waals surface area contributed by atoms with Crippen LogP contribution in [0.2, 0.25) is 0 Å². The summed E-state index contributed by atoms with van der Waals surface area (Å²) in [5.74, 6) is 1.76. The number of anilines is 1. The summed E-state index contributed by atoms with van der Waals surface area (Å²) in [6.07, 6.45) is 1.07. The van der Waals surface area contributed by atoms with Gasteiger partial charge < -0.3 is 14.8 Å². The molecule has 1 aliphatic rings. The molecule has 1 unspecified atom stereocenters. The van der Waals surface area contributed by atoms with Gasteiger partial charge in [0.05, 0.1) is 13.2 Å². The largest absolute Gasteiger partial charge is 0.477 e. The molecule has 1 atom stereocenters. The van der Waals surface area contributed by atoms with Crippen molar-refractivity contribution in [2.45, 2.75) is 20.3 Å². The van der Waals surface area contributed by atoms with Crippen molar-refractivity contribution >= 4 is 5.95 Å². The molecule has 1 fully saturated rings. The van der Waals surface area contributed by atoms with Gasteiger partial charge in [0.2, 0.25) is 11.8 Å². The van der Waals surface area contributed by atoms with Gasteiger partial charge in [0, 0.05) is 30.8 Å². The number of hydrogen-bond donors (Lipinski definition) is 1. The van der Waals surface area contributed by atoms with Crippen molar-refractivity contribution in [1.29, 1.82) is 0 Å². The van der Waals surface area contributed by atoms with Gasteiger partial charge in [-0.15, -0.1) is 0 Å². The molecular weight excluding hydrogens is 218 g/mol. The van der Waals surface area contributed by atoms with E-state index in [1.165, 1.54) is 0 Å². The Hall–Kier alpha value is -1.36. The van der Waals surface area contributed by atoms with E-state index in [4.69, 9.17) is 9.47 Å². The number of rotatable bonds is 5. The highest BCUT2D eigenvalue weighted by molar-refractivity contribution is 5.30. The van der Waals surface area contributed by atoms with E-state index in [1.54, 1.807) is 0 Å². The Labute approximate surface area is 102 Å². The van der Waals surface area contributed by atoms with Crippen LogP contribution in [-0.4, -0.2) is 36.3 Å². The second-order valence-corrected chi connectivity index (χ2v) is 4.24. The average Bonchev–Trinajstić information content (AvgIpc) is 2.79. The number of nitrogens with zero attached hydrogens (tertiary/aromatic N) is 2. The number of nitrogens with one attached hydrogen (secondary N) is 1. The second kappa shape index (κ2) is 5.82. The van der Waals surface area contributed by atoms with Crippen molar-refractivity contribution < 1.29 is 9.47 Å². The first-order valence-corrected chi connectivity index (χ1v) is 6.08. The van der Waals surface area contributed by atoms with Gasteiger partial charge >= 0.3 is 0 Å². The van der Waals surface area contributed by atoms with Gasteiger partial charge in [0.25, 0.3) is 0 Å². The van der Waals surface area contributed by atoms with Crippen molar-refractivity contribution in [3.8, 4) is 5.88 Å². The first-order chi connectivity index (χ1) is 8.28. The molecule has 0 radical (unpaired) electrons. The predicted molar refractivity (Wildman–Crippen MR) is 65.4 cm³/mol. The monoisotopic (exact) mass is 237 g/mol. The van der Waals surface area contributed by atoms with Gasteiger partial charge in [0.15, 0.2) is 0 Å². The summed E-state index contributed by atoms with van der Waals surface area (Å²) in [4.78, 5) is 8.58. The fourth-order valence-corrected chi connectivity index (χ4v) is 1.77. The van der Waals surface area contributed by atoms with Crippen molar-refractivity contribution in [2.24, 2.45) is 5.92 Å². The molecule has 0 bridgehead atoms. The summed E-state index contributed by atoms with van der Waals surface area (Å²) >= 11 is 0. The van der Waals surface area contributed by atoms with Crippen molar-refractivity contribution in [1.82, 2.24) is 9.97 Å². The van der Waals surface area contributed by atoms with Crippen LogP contribution in [0.5, 0.6) is 5.88 Å². The van der Waals surface area contributed by atoms with Crippen molar-refractivity contribution in [2.75, 3.05) is 31.7 Å². The summed E-state index contributed by atoms with van der Waals surface area (Å²) < 4.78 is 11.0. The third-order valence-electron chi connectivity index (χ3n) is 2.66. The van der Waals surface area contributed by atoms with E-state index >= 15 is 0 Å². The predicted octanol–water partition coefficient (Wildman–Crippen LogP) is 1.63. The molecule has 1 saturated heterocycles. The Morgan fingerprint density at radius 2 is 2.41 bits per heavy atom. The molecule has 0 aromatic carbocycles. The lowest BCUT2D eigenvalue weighted by molar-refractivity contribution is 0.165. The van der Waals surface area contributed by atoms with E-state index in [2.05, 4.69) is 15.3 Å². The van der Waals surface area contributed by atoms with E-state index < -0.39 is 0 Å². The van der Waals surface area contributed by atoms with Gasteiger partial charge in [-0.1, -0.05) is 0 Å². The molecule has 5 nitrogen and oxygen atoms in total. The van der Waals surface area contributed by atoms with Crippen LogP contribution in [0.4, 0.5) is 5.95 Å². The zero-order valence-electron chi connectivity index (χ0n) is 10.4. The Kier molecular flexibility index (Phi) is 4.14. The summed E-state index contributed by atoms with van der Waals surface area (Å²) in [6.45, 7) is 7.07. The summed E-state index contributed by atoms with van der Waals surface area (Å²) in [5.41, 5.74) is 0.911. The van der Waals surface area contributed by atoms with Crippen LogP contribution in [0, 0.1) is 12.8 Å². The molecule has 0 spiro atoms. The summed E-state index contributed by atoms with van der Waals surface area (Å²) in [5, 5.41) is 3.09. The zero-order chi connectivity index (χ0) is 12.1. The molecule has 5 heteroatoms. The number of aryl methyl sites for hydroxylation is 1. The van der Waals surface area contributed by atoms with Gasteiger partial charge in [-0.2, -0.15) is 4.98 Å². The highest BCUT2D eigenvalue weighted by atomic mass is 16.5. The standard InChI is InChI=1S/C12H19N3O2/c1-3-13-12-14-9(2)6-11(15-12)17-8-10-4-5-16-7-10/h6,10H,3-5,7-8H2,1-2H3,(H,13,14,15). The maximum atomic E-state index is 5.69. The van der Waals surface area contributed by atoms with Crippen LogP contribution in [-0.2, 0) is 4.74 Å². The first kappa shape index (κ1) is 12.1. The molecule has 1 N–H and O–H groups in total. The number of hydrogen-bond acceptors (Lipinski definition) is 5. The molecule has 1 aromatic heterocycles. The average molecular weight is 237 g/mol. The molecule has 1 aliphatic heterocycles. The van der Waals surface area contributed by atoms with Gasteiger partial charge in [-0.05, 0) is 20.3 Å². The van der Waals surface area contributed by atoms with Crippen LogP contribution in [0.1, 0.15) is 19.0 Å². The van der Waals surface area contributed by atoms with Gasteiger partial charge in [-0.3, -0.25) is 0 Å². The molecule has 0 amide bonds. The third-order valence-corrected chi connectivity index (χ3v) is 2.66. The van der Waals surface area contributed by atoms with Gasteiger partial charge in [0.1, 0.15) is 0 Å².